The minimum atomic E-state index is 0.662. The van der Waals surface area contributed by atoms with E-state index in [0.717, 1.165) is 31.0 Å². The molecule has 2 aliphatic heterocycles. The quantitative estimate of drug-likeness (QED) is 0.937. The van der Waals surface area contributed by atoms with Gasteiger partial charge in [0.1, 0.15) is 5.82 Å². The summed E-state index contributed by atoms with van der Waals surface area (Å²) in [7, 11) is 2.06. The van der Waals surface area contributed by atoms with Crippen LogP contribution in [-0.2, 0) is 6.54 Å². The van der Waals surface area contributed by atoms with Crippen LogP contribution in [0.2, 0.25) is 0 Å². The predicted molar refractivity (Wildman–Crippen MR) is 101 cm³/mol. The summed E-state index contributed by atoms with van der Waals surface area (Å²) in [5.74, 6) is 1.13. The zero-order chi connectivity index (χ0) is 16.4. The molecule has 1 N–H and O–H groups in total. The van der Waals surface area contributed by atoms with E-state index in [-0.39, 0.29) is 0 Å². The van der Waals surface area contributed by atoms with E-state index in [2.05, 4.69) is 52.5 Å². The molecule has 0 unspecified atom stereocenters. The van der Waals surface area contributed by atoms with E-state index in [1.807, 2.05) is 0 Å². The average molecular weight is 324 g/mol. The molecule has 128 valence electrons. The normalized spacial score (nSPS) is 20.1. The summed E-state index contributed by atoms with van der Waals surface area (Å²) in [6.45, 7) is 5.76. The third-order valence-electron chi connectivity index (χ3n) is 5.57. The van der Waals surface area contributed by atoms with Crippen LogP contribution < -0.4 is 10.2 Å². The Morgan fingerprint density at radius 3 is 2.58 bits per heavy atom. The molecule has 0 spiro atoms. The molecule has 2 fully saturated rings. The van der Waals surface area contributed by atoms with Crippen LogP contribution in [0.1, 0.15) is 31.2 Å². The number of rotatable bonds is 4. The van der Waals surface area contributed by atoms with E-state index >= 15 is 0 Å². The Labute approximate surface area is 144 Å². The van der Waals surface area contributed by atoms with Crippen molar-refractivity contribution < 1.29 is 0 Å². The van der Waals surface area contributed by atoms with Gasteiger partial charge in [-0.05, 0) is 75.6 Å². The molecule has 24 heavy (non-hydrogen) atoms. The molecule has 2 aliphatic rings. The molecule has 0 radical (unpaired) electrons. The van der Waals surface area contributed by atoms with Crippen LogP contribution in [0.25, 0.3) is 10.9 Å². The molecule has 4 heteroatoms. The summed E-state index contributed by atoms with van der Waals surface area (Å²) >= 11 is 0. The molecule has 0 bridgehead atoms. The van der Waals surface area contributed by atoms with Crippen LogP contribution in [0.3, 0.4) is 0 Å². The summed E-state index contributed by atoms with van der Waals surface area (Å²) in [6, 6.07) is 11.9. The third-order valence-corrected chi connectivity index (χ3v) is 5.57. The molecule has 4 nitrogen and oxygen atoms in total. The largest absolute Gasteiger partial charge is 0.356 e. The van der Waals surface area contributed by atoms with E-state index < -0.39 is 0 Å². The van der Waals surface area contributed by atoms with Gasteiger partial charge in [-0.1, -0.05) is 6.07 Å². The number of anilines is 1. The molecule has 1 aromatic heterocycles. The fraction of sp³-hybridized carbons (Fsp3) is 0.550. The topological polar surface area (TPSA) is 31.4 Å². The number of hydrogen-bond donors (Lipinski definition) is 1. The third kappa shape index (κ3) is 3.40. The van der Waals surface area contributed by atoms with E-state index in [1.54, 1.807) is 0 Å². The summed E-state index contributed by atoms with van der Waals surface area (Å²) < 4.78 is 0. The molecular formula is C20H28N4. The first-order chi connectivity index (χ1) is 11.8. The minimum absolute atomic E-state index is 0.662. The number of nitrogens with zero attached hydrogens (tertiary/aromatic N) is 3. The second-order valence-electron chi connectivity index (χ2n) is 7.23. The number of fused-ring (bicyclic) bond motifs is 1. The van der Waals surface area contributed by atoms with Gasteiger partial charge in [-0.15, -0.1) is 0 Å². The van der Waals surface area contributed by atoms with Crippen molar-refractivity contribution in [2.45, 2.75) is 38.3 Å². The molecule has 0 atom stereocenters. The second kappa shape index (κ2) is 7.08. The van der Waals surface area contributed by atoms with Gasteiger partial charge in [0, 0.05) is 31.1 Å². The smallest absolute Gasteiger partial charge is 0.129 e. The highest BCUT2D eigenvalue weighted by Gasteiger charge is 2.19. The standard InChI is InChI=1S/C20H28N4/c1-21-18-8-12-24(13-9-18)20-7-5-17-14-16(4-6-19(17)22-20)15-23-10-2-3-11-23/h4-7,14,18,21H,2-3,8-13,15H2,1H3. The first-order valence-corrected chi connectivity index (χ1v) is 9.36. The van der Waals surface area contributed by atoms with Crippen LogP contribution in [0.15, 0.2) is 30.3 Å². The Hall–Kier alpha value is -1.65. The van der Waals surface area contributed by atoms with Crippen molar-refractivity contribution in [3.8, 4) is 0 Å². The van der Waals surface area contributed by atoms with Crippen molar-refractivity contribution in [1.82, 2.24) is 15.2 Å². The fourth-order valence-electron chi connectivity index (χ4n) is 4.03. The number of piperidine rings is 1. The second-order valence-corrected chi connectivity index (χ2v) is 7.23. The number of nitrogens with one attached hydrogen (secondary N) is 1. The van der Waals surface area contributed by atoms with Gasteiger partial charge in [-0.25, -0.2) is 4.98 Å². The number of hydrogen-bond acceptors (Lipinski definition) is 4. The highest BCUT2D eigenvalue weighted by molar-refractivity contribution is 5.81. The van der Waals surface area contributed by atoms with Crippen molar-refractivity contribution in [3.05, 3.63) is 35.9 Å². The van der Waals surface area contributed by atoms with Crippen molar-refractivity contribution in [1.29, 1.82) is 0 Å². The number of benzene rings is 1. The van der Waals surface area contributed by atoms with Crippen molar-refractivity contribution in [3.63, 3.8) is 0 Å². The Balaban J connectivity index is 1.49. The molecule has 0 aliphatic carbocycles. The van der Waals surface area contributed by atoms with Crippen LogP contribution in [-0.4, -0.2) is 49.2 Å². The summed E-state index contributed by atoms with van der Waals surface area (Å²) in [5, 5.41) is 4.65. The highest BCUT2D eigenvalue weighted by atomic mass is 15.2. The molecule has 3 heterocycles. The first kappa shape index (κ1) is 15.9. The number of likely N-dealkylation sites (tertiary alicyclic amines) is 1. The van der Waals surface area contributed by atoms with Crippen LogP contribution in [0.4, 0.5) is 5.82 Å². The zero-order valence-electron chi connectivity index (χ0n) is 14.7. The van der Waals surface area contributed by atoms with Gasteiger partial charge in [0.2, 0.25) is 0 Å². The van der Waals surface area contributed by atoms with Crippen molar-refractivity contribution >= 4 is 16.7 Å². The molecule has 2 saturated heterocycles. The van der Waals surface area contributed by atoms with Gasteiger partial charge >= 0.3 is 0 Å². The van der Waals surface area contributed by atoms with Gasteiger partial charge in [-0.3, -0.25) is 4.90 Å². The maximum absolute atomic E-state index is 4.91. The monoisotopic (exact) mass is 324 g/mol. The average Bonchev–Trinajstić information content (AvgIpc) is 3.14. The molecule has 2 aromatic rings. The number of aromatic nitrogens is 1. The lowest BCUT2D eigenvalue weighted by Crippen LogP contribution is -2.41. The number of pyridine rings is 1. The Morgan fingerprint density at radius 1 is 1.04 bits per heavy atom. The summed E-state index contributed by atoms with van der Waals surface area (Å²) in [5.41, 5.74) is 2.53. The van der Waals surface area contributed by atoms with Crippen molar-refractivity contribution in [2.24, 2.45) is 0 Å². The molecule has 0 amide bonds. The highest BCUT2D eigenvalue weighted by Crippen LogP contribution is 2.23. The van der Waals surface area contributed by atoms with Gasteiger partial charge in [0.05, 0.1) is 5.52 Å². The van der Waals surface area contributed by atoms with Crippen LogP contribution in [0.5, 0.6) is 0 Å². The maximum atomic E-state index is 4.91. The van der Waals surface area contributed by atoms with Crippen LogP contribution in [0, 0.1) is 0 Å². The van der Waals surface area contributed by atoms with E-state index in [1.165, 1.54) is 49.7 Å². The molecule has 4 rings (SSSR count). The van der Waals surface area contributed by atoms with Gasteiger partial charge in [0.25, 0.3) is 0 Å². The van der Waals surface area contributed by atoms with E-state index in [9.17, 15) is 0 Å². The van der Waals surface area contributed by atoms with Crippen LogP contribution >= 0.6 is 0 Å². The SMILES string of the molecule is CNC1CCN(c2ccc3cc(CN4CCCC4)ccc3n2)CC1. The van der Waals surface area contributed by atoms with E-state index in [4.69, 9.17) is 4.98 Å². The van der Waals surface area contributed by atoms with Gasteiger partial charge < -0.3 is 10.2 Å². The zero-order valence-corrected chi connectivity index (χ0v) is 14.7. The molecular weight excluding hydrogens is 296 g/mol. The first-order valence-electron chi connectivity index (χ1n) is 9.36. The summed E-state index contributed by atoms with van der Waals surface area (Å²) in [6.07, 6.45) is 5.10. The Kier molecular flexibility index (Phi) is 4.67. The lowest BCUT2D eigenvalue weighted by Gasteiger charge is -2.32. The molecule has 0 saturated carbocycles. The Morgan fingerprint density at radius 2 is 1.83 bits per heavy atom. The van der Waals surface area contributed by atoms with Crippen molar-refractivity contribution in [2.75, 3.05) is 38.1 Å². The molecule has 1 aromatic carbocycles. The lowest BCUT2D eigenvalue weighted by molar-refractivity contribution is 0.331. The summed E-state index contributed by atoms with van der Waals surface area (Å²) in [4.78, 5) is 9.89. The predicted octanol–water partition coefficient (Wildman–Crippen LogP) is 3.02. The lowest BCUT2D eigenvalue weighted by atomic mass is 10.1. The maximum Gasteiger partial charge on any atom is 0.129 e. The Bertz CT molecular complexity index is 685. The van der Waals surface area contributed by atoms with E-state index in [0.29, 0.717) is 6.04 Å². The van der Waals surface area contributed by atoms with Gasteiger partial charge in [-0.2, -0.15) is 0 Å². The fourth-order valence-corrected chi connectivity index (χ4v) is 4.03. The minimum Gasteiger partial charge on any atom is -0.356 e. The van der Waals surface area contributed by atoms with Gasteiger partial charge in [0.15, 0.2) is 0 Å².